The minimum atomic E-state index is -0.214. The minimum Gasteiger partial charge on any atom is -0.410 e. The Morgan fingerprint density at radius 1 is 0.607 bits per heavy atom. The Labute approximate surface area is 170 Å². The number of rotatable bonds is 3. The number of hydrogen-bond acceptors (Lipinski definition) is 2. The molecule has 5 rings (SSSR count). The third kappa shape index (κ3) is 2.94. The van der Waals surface area contributed by atoms with Gasteiger partial charge >= 0.3 is 6.26 Å². The molecule has 0 aromatic heterocycles. The van der Waals surface area contributed by atoms with Gasteiger partial charge in [-0.05, 0) is 53.5 Å². The lowest BCUT2D eigenvalue weighted by molar-refractivity contribution is 1.28. The van der Waals surface area contributed by atoms with Gasteiger partial charge in [0.25, 0.3) is 0 Å². The summed E-state index contributed by atoms with van der Waals surface area (Å²) in [4.78, 5) is 2.27. The van der Waals surface area contributed by atoms with Gasteiger partial charge in [-0.25, -0.2) is 0 Å². The summed E-state index contributed by atoms with van der Waals surface area (Å²) in [6.45, 7) is 0. The lowest BCUT2D eigenvalue weighted by Crippen LogP contribution is -2.37. The van der Waals surface area contributed by atoms with E-state index in [4.69, 9.17) is 11.5 Å². The van der Waals surface area contributed by atoms with Gasteiger partial charge in [0.05, 0.1) is 0 Å². The van der Waals surface area contributed by atoms with Crippen molar-refractivity contribution < 1.29 is 0 Å². The predicted octanol–water partition coefficient (Wildman–Crippen LogP) is 6.18. The third-order valence-corrected chi connectivity index (χ3v) is 5.44. The lowest BCUT2D eigenvalue weighted by atomic mass is 9.72. The summed E-state index contributed by atoms with van der Waals surface area (Å²) in [6.07, 6.45) is -0.214. The summed E-state index contributed by atoms with van der Waals surface area (Å²) < 4.78 is 0. The molecule has 134 valence electrons. The van der Waals surface area contributed by atoms with Gasteiger partial charge in [-0.1, -0.05) is 60.7 Å². The number of hydrogen-bond donors (Lipinski definition) is 1. The van der Waals surface area contributed by atoms with Gasteiger partial charge in [-0.3, -0.25) is 0 Å². The first-order valence-corrected chi connectivity index (χ1v) is 9.79. The van der Waals surface area contributed by atoms with Crippen LogP contribution in [0.15, 0.2) is 103 Å². The summed E-state index contributed by atoms with van der Waals surface area (Å²) in [5, 5.41) is 3.41. The molecule has 0 bridgehead atoms. The van der Waals surface area contributed by atoms with Gasteiger partial charge in [0.2, 0.25) is 0 Å². The van der Waals surface area contributed by atoms with Crippen molar-refractivity contribution in [1.29, 1.82) is 0 Å². The third-order valence-electron chi connectivity index (χ3n) is 5.10. The van der Waals surface area contributed by atoms with E-state index in [0.717, 1.165) is 28.2 Å². The molecule has 0 saturated heterocycles. The maximum Gasteiger partial charge on any atom is 0.393 e. The summed E-state index contributed by atoms with van der Waals surface area (Å²) in [7, 11) is 0. The van der Waals surface area contributed by atoms with E-state index in [9.17, 15) is 0 Å². The van der Waals surface area contributed by atoms with E-state index < -0.39 is 0 Å². The van der Waals surface area contributed by atoms with Crippen molar-refractivity contribution in [1.82, 2.24) is 0 Å². The van der Waals surface area contributed by atoms with Gasteiger partial charge in [0.1, 0.15) is 0 Å². The molecular weight excluding hydrogens is 363 g/mol. The fraction of sp³-hybridized carbons (Fsp3) is 0. The zero-order valence-electron chi connectivity index (χ0n) is 15.2. The lowest BCUT2D eigenvalue weighted by Gasteiger charge is -2.29. The molecule has 0 spiro atoms. The molecular formula is C24H18BClN2. The second-order valence-corrected chi connectivity index (χ2v) is 7.27. The Morgan fingerprint density at radius 2 is 1.21 bits per heavy atom. The highest BCUT2D eigenvalue weighted by atomic mass is 35.5. The number of para-hydroxylation sites is 2. The van der Waals surface area contributed by atoms with Crippen molar-refractivity contribution in [2.24, 2.45) is 0 Å². The second kappa shape index (κ2) is 7.10. The van der Waals surface area contributed by atoms with Gasteiger partial charge in [0, 0.05) is 28.3 Å². The summed E-state index contributed by atoms with van der Waals surface area (Å²) in [5.41, 5.74) is 7.88. The summed E-state index contributed by atoms with van der Waals surface area (Å²) in [6, 6.07) is 35.7. The van der Waals surface area contributed by atoms with Crippen molar-refractivity contribution in [3.8, 4) is 11.1 Å². The maximum absolute atomic E-state index is 6.55. The van der Waals surface area contributed by atoms with Crippen molar-refractivity contribution in [3.05, 3.63) is 103 Å². The van der Waals surface area contributed by atoms with Gasteiger partial charge in [0.15, 0.2) is 0 Å². The topological polar surface area (TPSA) is 15.3 Å². The molecule has 0 aliphatic carbocycles. The van der Waals surface area contributed by atoms with Crippen LogP contribution in [0.25, 0.3) is 11.1 Å². The van der Waals surface area contributed by atoms with Gasteiger partial charge in [-0.2, -0.15) is 11.5 Å². The van der Waals surface area contributed by atoms with Crippen molar-refractivity contribution in [2.45, 2.75) is 0 Å². The number of fused-ring (bicyclic) bond motifs is 3. The van der Waals surface area contributed by atoms with Crippen LogP contribution in [0.4, 0.5) is 22.7 Å². The predicted molar refractivity (Wildman–Crippen MR) is 121 cm³/mol. The molecule has 4 heteroatoms. The number of nitrogens with zero attached hydrogens (tertiary/aromatic N) is 1. The number of benzene rings is 4. The molecule has 4 aromatic rings. The van der Waals surface area contributed by atoms with E-state index in [-0.39, 0.29) is 6.26 Å². The first kappa shape index (κ1) is 17.0. The molecule has 2 nitrogen and oxygen atoms in total. The van der Waals surface area contributed by atoms with Crippen LogP contribution in [-0.4, -0.2) is 6.26 Å². The average Bonchev–Trinajstić information content (AvgIpc) is 2.76. The Bertz CT molecular complexity index is 1080. The Hall–Kier alpha value is -3.17. The molecule has 1 aliphatic rings. The van der Waals surface area contributed by atoms with E-state index in [2.05, 4.69) is 95.1 Å². The second-order valence-electron chi connectivity index (χ2n) is 6.83. The standard InChI is InChI=1S/C24H18BClN2/c26-25-23-14-8-7-13-21(23)22-17-20(15-16-24(22)27-25)28(18-9-3-1-4-10-18)19-11-5-2-6-12-19/h1-17,27H. The molecule has 0 atom stereocenters. The highest BCUT2D eigenvalue weighted by Gasteiger charge is 2.26. The van der Waals surface area contributed by atoms with Crippen LogP contribution in [0.1, 0.15) is 0 Å². The van der Waals surface area contributed by atoms with Gasteiger partial charge < -0.3 is 10.1 Å². The number of nitrogens with one attached hydrogen (secondary N) is 1. The van der Waals surface area contributed by atoms with Crippen LogP contribution < -0.4 is 15.6 Å². The molecule has 28 heavy (non-hydrogen) atoms. The minimum absolute atomic E-state index is 0.214. The molecule has 0 amide bonds. The summed E-state index contributed by atoms with van der Waals surface area (Å²) >= 11 is 6.55. The Morgan fingerprint density at radius 3 is 1.89 bits per heavy atom. The van der Waals surface area contributed by atoms with E-state index in [1.165, 1.54) is 11.1 Å². The fourth-order valence-corrected chi connectivity index (χ4v) is 4.11. The van der Waals surface area contributed by atoms with Crippen molar-refractivity contribution in [2.75, 3.05) is 10.1 Å². The average molecular weight is 381 g/mol. The molecule has 1 heterocycles. The SMILES string of the molecule is ClB1Nc2ccc(N(c3ccccc3)c3ccccc3)cc2-c2ccccc21. The van der Waals surface area contributed by atoms with Crippen LogP contribution >= 0.6 is 11.5 Å². The van der Waals surface area contributed by atoms with Crippen LogP contribution in [0.2, 0.25) is 0 Å². The molecule has 4 aromatic carbocycles. The first-order chi connectivity index (χ1) is 13.8. The van der Waals surface area contributed by atoms with Gasteiger partial charge in [-0.15, -0.1) is 0 Å². The fourth-order valence-electron chi connectivity index (χ4n) is 3.80. The Kier molecular flexibility index (Phi) is 4.30. The van der Waals surface area contributed by atoms with E-state index in [1.54, 1.807) is 0 Å². The van der Waals surface area contributed by atoms with Crippen molar-refractivity contribution in [3.63, 3.8) is 0 Å². The van der Waals surface area contributed by atoms with Crippen LogP contribution in [0.5, 0.6) is 0 Å². The number of halogens is 1. The highest BCUT2D eigenvalue weighted by Crippen LogP contribution is 2.40. The van der Waals surface area contributed by atoms with Crippen LogP contribution in [0.3, 0.4) is 0 Å². The van der Waals surface area contributed by atoms with Crippen LogP contribution in [-0.2, 0) is 0 Å². The molecule has 0 unspecified atom stereocenters. The zero-order valence-corrected chi connectivity index (χ0v) is 16.0. The van der Waals surface area contributed by atoms with E-state index in [1.807, 2.05) is 18.2 Å². The maximum atomic E-state index is 6.55. The smallest absolute Gasteiger partial charge is 0.393 e. The quantitative estimate of drug-likeness (QED) is 0.427. The largest absolute Gasteiger partial charge is 0.410 e. The monoisotopic (exact) mass is 380 g/mol. The molecule has 0 radical (unpaired) electrons. The molecule has 1 N–H and O–H groups in total. The highest BCUT2D eigenvalue weighted by molar-refractivity contribution is 7.16. The molecule has 1 aliphatic heterocycles. The molecule has 0 fully saturated rings. The normalized spacial score (nSPS) is 12.0. The summed E-state index contributed by atoms with van der Waals surface area (Å²) in [5.74, 6) is 0. The number of anilines is 4. The first-order valence-electron chi connectivity index (χ1n) is 9.35. The van der Waals surface area contributed by atoms with Crippen molar-refractivity contribution >= 4 is 45.9 Å². The molecule has 0 saturated carbocycles. The van der Waals surface area contributed by atoms with Crippen LogP contribution in [0, 0.1) is 0 Å². The van der Waals surface area contributed by atoms with E-state index in [0.29, 0.717) is 0 Å². The zero-order chi connectivity index (χ0) is 18.9. The van der Waals surface area contributed by atoms with E-state index >= 15 is 0 Å². The Balaban J connectivity index is 1.69.